The first-order valence-corrected chi connectivity index (χ1v) is 12.3. The Labute approximate surface area is 201 Å². The quantitative estimate of drug-likeness (QED) is 0.608. The van der Waals surface area contributed by atoms with Crippen LogP contribution in [0.5, 0.6) is 0 Å². The third-order valence-electron chi connectivity index (χ3n) is 6.86. The van der Waals surface area contributed by atoms with E-state index in [9.17, 15) is 9.18 Å². The predicted octanol–water partition coefficient (Wildman–Crippen LogP) is 4.58. The van der Waals surface area contributed by atoms with Crippen molar-refractivity contribution < 1.29 is 9.18 Å². The molecule has 33 heavy (non-hydrogen) atoms. The van der Waals surface area contributed by atoms with E-state index >= 15 is 0 Å². The minimum atomic E-state index is -0.266. The summed E-state index contributed by atoms with van der Waals surface area (Å²) in [6, 6.07) is 16.2. The van der Waals surface area contributed by atoms with Crippen LogP contribution in [0.15, 0.2) is 54.6 Å². The number of piperazine rings is 1. The summed E-state index contributed by atoms with van der Waals surface area (Å²) < 4.78 is 13.2. The SMILES string of the molecule is C[C@H](NC(=O)[C@@H](C1CCCC1)N1CCN(C(=S)Nc2ccc(F)cc2)CC1)c1ccccc1. The zero-order valence-corrected chi connectivity index (χ0v) is 20.0. The summed E-state index contributed by atoms with van der Waals surface area (Å²) in [5.74, 6) is 0.278. The molecule has 2 atom stereocenters. The van der Waals surface area contributed by atoms with Crippen molar-refractivity contribution in [1.29, 1.82) is 0 Å². The molecule has 0 bridgehead atoms. The number of rotatable bonds is 6. The number of hydrogen-bond donors (Lipinski definition) is 2. The van der Waals surface area contributed by atoms with E-state index in [2.05, 4.69) is 39.5 Å². The number of halogens is 1. The molecule has 0 spiro atoms. The molecule has 2 aromatic carbocycles. The van der Waals surface area contributed by atoms with E-state index in [1.807, 2.05) is 18.2 Å². The van der Waals surface area contributed by atoms with Gasteiger partial charge in [-0.3, -0.25) is 9.69 Å². The summed E-state index contributed by atoms with van der Waals surface area (Å²) in [6.07, 6.45) is 4.63. The Morgan fingerprint density at radius 3 is 2.27 bits per heavy atom. The molecular weight excluding hydrogens is 435 g/mol. The molecule has 2 aromatic rings. The van der Waals surface area contributed by atoms with E-state index < -0.39 is 0 Å². The van der Waals surface area contributed by atoms with Gasteiger partial charge in [-0.05, 0) is 67.7 Å². The molecule has 1 saturated heterocycles. The van der Waals surface area contributed by atoms with Gasteiger partial charge in [-0.15, -0.1) is 0 Å². The molecule has 2 N–H and O–H groups in total. The standard InChI is InChI=1S/C26H33FN4OS/c1-19(20-7-3-2-4-8-20)28-25(32)24(21-9-5-6-10-21)30-15-17-31(18-16-30)26(33)29-23-13-11-22(27)12-14-23/h2-4,7-8,11-14,19,21,24H,5-6,9-10,15-18H2,1H3,(H,28,32)(H,29,33)/t19-,24+/m0/s1. The summed E-state index contributed by atoms with van der Waals surface area (Å²) in [6.45, 7) is 5.16. The fraction of sp³-hybridized carbons (Fsp3) is 0.462. The molecule has 1 saturated carbocycles. The Bertz CT molecular complexity index is 925. The molecular formula is C26H33FN4OS. The maximum Gasteiger partial charge on any atom is 0.238 e. The largest absolute Gasteiger partial charge is 0.348 e. The number of amides is 1. The lowest BCUT2D eigenvalue weighted by Gasteiger charge is -2.41. The zero-order chi connectivity index (χ0) is 23.2. The maximum atomic E-state index is 13.5. The molecule has 7 heteroatoms. The van der Waals surface area contributed by atoms with Crippen LogP contribution in [0.3, 0.4) is 0 Å². The molecule has 1 heterocycles. The summed E-state index contributed by atoms with van der Waals surface area (Å²) in [5, 5.41) is 7.12. The lowest BCUT2D eigenvalue weighted by Crippen LogP contribution is -2.58. The van der Waals surface area contributed by atoms with Crippen LogP contribution in [0.1, 0.15) is 44.2 Å². The van der Waals surface area contributed by atoms with Crippen molar-refractivity contribution in [1.82, 2.24) is 15.1 Å². The van der Waals surface area contributed by atoms with Gasteiger partial charge < -0.3 is 15.5 Å². The van der Waals surface area contributed by atoms with E-state index in [1.54, 1.807) is 12.1 Å². The van der Waals surface area contributed by atoms with E-state index in [-0.39, 0.29) is 23.8 Å². The van der Waals surface area contributed by atoms with Gasteiger partial charge in [0.1, 0.15) is 5.82 Å². The van der Waals surface area contributed by atoms with Crippen LogP contribution in [-0.4, -0.2) is 53.0 Å². The Kier molecular flexibility index (Phi) is 7.93. The van der Waals surface area contributed by atoms with Gasteiger partial charge in [0.05, 0.1) is 12.1 Å². The van der Waals surface area contributed by atoms with Gasteiger partial charge in [0.25, 0.3) is 0 Å². The van der Waals surface area contributed by atoms with Gasteiger partial charge in [0, 0.05) is 31.9 Å². The molecule has 5 nitrogen and oxygen atoms in total. The van der Waals surface area contributed by atoms with Crippen molar-refractivity contribution in [3.05, 3.63) is 66.0 Å². The summed E-state index contributed by atoms with van der Waals surface area (Å²) >= 11 is 5.59. The van der Waals surface area contributed by atoms with Crippen molar-refractivity contribution in [3.8, 4) is 0 Å². The Morgan fingerprint density at radius 1 is 1.00 bits per heavy atom. The first-order valence-electron chi connectivity index (χ1n) is 11.9. The number of thiocarbonyl (C=S) groups is 1. The minimum Gasteiger partial charge on any atom is -0.348 e. The highest BCUT2D eigenvalue weighted by Gasteiger charge is 2.37. The van der Waals surface area contributed by atoms with E-state index in [1.165, 1.54) is 25.0 Å². The van der Waals surface area contributed by atoms with Crippen LogP contribution in [0.4, 0.5) is 10.1 Å². The molecule has 0 unspecified atom stereocenters. The average molecular weight is 469 g/mol. The number of benzene rings is 2. The Morgan fingerprint density at radius 2 is 1.64 bits per heavy atom. The molecule has 1 amide bonds. The number of carbonyl (C=O) groups is 1. The van der Waals surface area contributed by atoms with Gasteiger partial charge in [0.2, 0.25) is 5.91 Å². The molecule has 2 aliphatic rings. The molecule has 1 aliphatic heterocycles. The van der Waals surface area contributed by atoms with Crippen molar-refractivity contribution in [2.45, 2.75) is 44.7 Å². The first kappa shape index (κ1) is 23.6. The fourth-order valence-electron chi connectivity index (χ4n) is 5.01. The molecule has 0 radical (unpaired) electrons. The summed E-state index contributed by atoms with van der Waals surface area (Å²) in [7, 11) is 0. The second-order valence-corrected chi connectivity index (χ2v) is 9.48. The number of nitrogens with zero attached hydrogens (tertiary/aromatic N) is 2. The minimum absolute atomic E-state index is 0.0172. The monoisotopic (exact) mass is 468 g/mol. The van der Waals surface area contributed by atoms with Crippen LogP contribution in [0, 0.1) is 11.7 Å². The second kappa shape index (κ2) is 11.1. The van der Waals surface area contributed by atoms with E-state index in [4.69, 9.17) is 12.2 Å². The van der Waals surface area contributed by atoms with Crippen molar-refractivity contribution in [3.63, 3.8) is 0 Å². The Balaban J connectivity index is 1.36. The van der Waals surface area contributed by atoms with Gasteiger partial charge >= 0.3 is 0 Å². The number of carbonyl (C=O) groups excluding carboxylic acids is 1. The first-order chi connectivity index (χ1) is 16.0. The molecule has 1 aliphatic carbocycles. The van der Waals surface area contributed by atoms with Gasteiger partial charge in [-0.25, -0.2) is 4.39 Å². The smallest absolute Gasteiger partial charge is 0.238 e. The van der Waals surface area contributed by atoms with E-state index in [0.717, 1.165) is 50.3 Å². The Hall–Kier alpha value is -2.51. The highest BCUT2D eigenvalue weighted by molar-refractivity contribution is 7.80. The van der Waals surface area contributed by atoms with Gasteiger partial charge in [0.15, 0.2) is 5.11 Å². The lowest BCUT2D eigenvalue weighted by atomic mass is 9.94. The zero-order valence-electron chi connectivity index (χ0n) is 19.2. The molecule has 176 valence electrons. The van der Waals surface area contributed by atoms with Crippen LogP contribution in [0.2, 0.25) is 0 Å². The molecule has 2 fully saturated rings. The number of anilines is 1. The van der Waals surface area contributed by atoms with Crippen LogP contribution in [0.25, 0.3) is 0 Å². The van der Waals surface area contributed by atoms with Crippen molar-refractivity contribution >= 4 is 28.9 Å². The topological polar surface area (TPSA) is 47.6 Å². The average Bonchev–Trinajstić information content (AvgIpc) is 3.36. The van der Waals surface area contributed by atoms with Crippen molar-refractivity contribution in [2.75, 3.05) is 31.5 Å². The summed E-state index contributed by atoms with van der Waals surface area (Å²) in [4.78, 5) is 17.9. The highest BCUT2D eigenvalue weighted by Crippen LogP contribution is 2.31. The summed E-state index contributed by atoms with van der Waals surface area (Å²) in [5.41, 5.74) is 1.90. The predicted molar refractivity (Wildman–Crippen MR) is 135 cm³/mol. The highest BCUT2D eigenvalue weighted by atomic mass is 32.1. The maximum absolute atomic E-state index is 13.5. The van der Waals surface area contributed by atoms with E-state index in [0.29, 0.717) is 11.0 Å². The lowest BCUT2D eigenvalue weighted by molar-refractivity contribution is -0.129. The molecule has 0 aromatic heterocycles. The van der Waals surface area contributed by atoms with Gasteiger partial charge in [-0.2, -0.15) is 0 Å². The second-order valence-electron chi connectivity index (χ2n) is 9.09. The van der Waals surface area contributed by atoms with Crippen LogP contribution in [-0.2, 0) is 4.79 Å². The normalized spacial score (nSPS) is 19.2. The number of hydrogen-bond acceptors (Lipinski definition) is 3. The third-order valence-corrected chi connectivity index (χ3v) is 7.22. The fourth-order valence-corrected chi connectivity index (χ4v) is 5.31. The van der Waals surface area contributed by atoms with Crippen LogP contribution < -0.4 is 10.6 Å². The molecule has 4 rings (SSSR count). The third kappa shape index (κ3) is 6.09. The van der Waals surface area contributed by atoms with Gasteiger partial charge in [-0.1, -0.05) is 43.2 Å². The van der Waals surface area contributed by atoms with Crippen molar-refractivity contribution in [2.24, 2.45) is 5.92 Å². The number of nitrogens with one attached hydrogen (secondary N) is 2. The van der Waals surface area contributed by atoms with Crippen LogP contribution >= 0.6 is 12.2 Å².